The van der Waals surface area contributed by atoms with E-state index in [1.54, 1.807) is 0 Å². The van der Waals surface area contributed by atoms with Crippen LogP contribution in [0.1, 0.15) is 18.2 Å². The van der Waals surface area contributed by atoms with Gasteiger partial charge < -0.3 is 0 Å². The Kier molecular flexibility index (Phi) is 8.66. The van der Waals surface area contributed by atoms with Gasteiger partial charge in [-0.1, -0.05) is 188 Å². The van der Waals surface area contributed by atoms with E-state index in [1.807, 2.05) is 6.07 Å². The maximum absolute atomic E-state index is 5.29. The van der Waals surface area contributed by atoms with Crippen molar-refractivity contribution in [1.82, 2.24) is 15.0 Å². The zero-order valence-corrected chi connectivity index (χ0v) is 30.8. The third kappa shape index (κ3) is 6.50. The summed E-state index contributed by atoms with van der Waals surface area (Å²) in [6, 6.07) is 68.3. The number of nitrogens with zero attached hydrogens (tertiary/aromatic N) is 3. The van der Waals surface area contributed by atoms with Crippen molar-refractivity contribution in [1.29, 1.82) is 0 Å². The molecule has 2 heterocycles. The van der Waals surface area contributed by atoms with E-state index in [0.29, 0.717) is 0 Å². The molecule has 10 rings (SSSR count). The summed E-state index contributed by atoms with van der Waals surface area (Å²) >= 11 is 0. The third-order valence-electron chi connectivity index (χ3n) is 10.8. The maximum atomic E-state index is 5.29. The molecule has 0 radical (unpaired) electrons. The van der Waals surface area contributed by atoms with E-state index in [-0.39, 0.29) is 5.92 Å². The Morgan fingerprint density at radius 2 is 0.804 bits per heavy atom. The average Bonchev–Trinajstić information content (AvgIpc) is 3.29. The van der Waals surface area contributed by atoms with Crippen molar-refractivity contribution in [3.63, 3.8) is 0 Å². The van der Waals surface area contributed by atoms with Gasteiger partial charge in [-0.2, -0.15) is 0 Å². The lowest BCUT2D eigenvalue weighted by Crippen LogP contribution is -2.30. The molecule has 0 fully saturated rings. The van der Waals surface area contributed by atoms with Crippen LogP contribution in [0.25, 0.3) is 90.2 Å². The fourth-order valence-electron chi connectivity index (χ4n) is 7.90. The van der Waals surface area contributed by atoms with E-state index in [0.717, 1.165) is 51.5 Å². The first-order valence-corrected chi connectivity index (χ1v) is 19.2. The Morgan fingerprint density at radius 1 is 0.375 bits per heavy atom. The lowest BCUT2D eigenvalue weighted by atomic mass is 9.91. The van der Waals surface area contributed by atoms with E-state index in [2.05, 4.69) is 200 Å². The molecule has 3 nitrogen and oxygen atoms in total. The van der Waals surface area contributed by atoms with Crippen LogP contribution in [0.3, 0.4) is 0 Å². The Morgan fingerprint density at radius 3 is 1.34 bits per heavy atom. The molecule has 2 aromatic heterocycles. The molecule has 0 saturated heterocycles. The highest BCUT2D eigenvalue weighted by molar-refractivity contribution is 5.97. The quantitative estimate of drug-likeness (QED) is 0.165. The molecule has 0 spiro atoms. The largest absolute Gasteiger partial charge is 0.248 e. The maximum Gasteiger partial charge on any atom is 0.136 e. The molecule has 56 heavy (non-hydrogen) atoms. The summed E-state index contributed by atoms with van der Waals surface area (Å²) in [6.07, 6.45) is 5.51. The van der Waals surface area contributed by atoms with E-state index >= 15 is 0 Å². The van der Waals surface area contributed by atoms with Crippen molar-refractivity contribution < 1.29 is 0 Å². The second-order valence-electron chi connectivity index (χ2n) is 14.3. The van der Waals surface area contributed by atoms with Crippen LogP contribution in [-0.4, -0.2) is 15.0 Å². The fourth-order valence-corrected chi connectivity index (χ4v) is 7.90. The molecule has 1 aliphatic rings. The van der Waals surface area contributed by atoms with Gasteiger partial charge in [0.2, 0.25) is 0 Å². The molecule has 264 valence electrons. The first-order valence-electron chi connectivity index (χ1n) is 19.2. The zero-order valence-electron chi connectivity index (χ0n) is 30.8. The molecule has 3 heteroatoms. The molecular weight excluding hydrogens is 679 g/mol. The number of pyridine rings is 1. The van der Waals surface area contributed by atoms with Gasteiger partial charge in [0, 0.05) is 28.0 Å². The molecule has 0 aliphatic heterocycles. The molecule has 1 atom stereocenters. The van der Waals surface area contributed by atoms with Crippen LogP contribution in [-0.2, 0) is 0 Å². The average molecular weight is 716 g/mol. The first-order chi connectivity index (χ1) is 27.7. The topological polar surface area (TPSA) is 38.7 Å². The number of benzene rings is 7. The second kappa shape index (κ2) is 14.5. The smallest absolute Gasteiger partial charge is 0.136 e. The van der Waals surface area contributed by atoms with Crippen LogP contribution in [0.5, 0.6) is 0 Å². The summed E-state index contributed by atoms with van der Waals surface area (Å²) in [5, 5.41) is 3.57. The zero-order chi connectivity index (χ0) is 37.3. The Bertz CT molecular complexity index is 2840. The number of hydrogen-bond acceptors (Lipinski definition) is 3. The Hall–Kier alpha value is -7.23. The van der Waals surface area contributed by atoms with Gasteiger partial charge in [0.1, 0.15) is 5.82 Å². The van der Waals surface area contributed by atoms with Crippen LogP contribution in [0, 0.1) is 0 Å². The molecule has 1 unspecified atom stereocenters. The summed E-state index contributed by atoms with van der Waals surface area (Å²) in [5.74, 6) is 0.821. The van der Waals surface area contributed by atoms with E-state index in [4.69, 9.17) is 15.0 Å². The summed E-state index contributed by atoms with van der Waals surface area (Å²) in [4.78, 5) is 15.8. The molecule has 0 saturated carbocycles. The van der Waals surface area contributed by atoms with Gasteiger partial charge in [-0.3, -0.25) is 0 Å². The molecule has 9 aromatic rings. The molecule has 1 aliphatic carbocycles. The highest BCUT2D eigenvalue weighted by Crippen LogP contribution is 2.33. The molecule has 0 N–H and O–H groups in total. The normalized spacial score (nSPS) is 13.4. The summed E-state index contributed by atoms with van der Waals surface area (Å²) < 4.78 is 0. The second-order valence-corrected chi connectivity index (χ2v) is 14.3. The Labute approximate surface area is 326 Å². The van der Waals surface area contributed by atoms with Gasteiger partial charge >= 0.3 is 0 Å². The molecule has 0 amide bonds. The van der Waals surface area contributed by atoms with Crippen molar-refractivity contribution in [2.24, 2.45) is 0 Å². The van der Waals surface area contributed by atoms with Gasteiger partial charge in [0.25, 0.3) is 0 Å². The minimum absolute atomic E-state index is 0.00237. The number of hydrogen-bond donors (Lipinski definition) is 0. The highest BCUT2D eigenvalue weighted by atomic mass is 14.9. The number of fused-ring (bicyclic) bond motifs is 3. The van der Waals surface area contributed by atoms with Gasteiger partial charge in [-0.25, -0.2) is 15.0 Å². The summed E-state index contributed by atoms with van der Waals surface area (Å²) in [7, 11) is 0. The highest BCUT2D eigenvalue weighted by Gasteiger charge is 2.20. The SMILES string of the molecule is C1=c2ccc3nc(-c4ccccc4)cc(-c4ccccc4)c3c2=CCC1c1nc(-c2ccc(-c3ccccc3)cc2)cc(-c2ccc(-c3ccccc3)cc2)n1. The summed E-state index contributed by atoms with van der Waals surface area (Å²) in [5.41, 5.74) is 14.2. The predicted octanol–water partition coefficient (Wildman–Crippen LogP) is 11.8. The van der Waals surface area contributed by atoms with E-state index in [1.165, 1.54) is 49.2 Å². The Balaban J connectivity index is 1.09. The van der Waals surface area contributed by atoms with E-state index < -0.39 is 0 Å². The molecule has 7 aromatic carbocycles. The van der Waals surface area contributed by atoms with Crippen LogP contribution in [0.15, 0.2) is 194 Å². The number of aromatic nitrogens is 3. The van der Waals surface area contributed by atoms with Gasteiger partial charge in [-0.15, -0.1) is 0 Å². The van der Waals surface area contributed by atoms with Crippen LogP contribution < -0.4 is 10.4 Å². The monoisotopic (exact) mass is 715 g/mol. The lowest BCUT2D eigenvalue weighted by Gasteiger charge is -2.18. The van der Waals surface area contributed by atoms with Crippen molar-refractivity contribution in [2.45, 2.75) is 12.3 Å². The summed E-state index contributed by atoms with van der Waals surface area (Å²) in [6.45, 7) is 0. The van der Waals surface area contributed by atoms with Gasteiger partial charge in [0.15, 0.2) is 0 Å². The van der Waals surface area contributed by atoms with Crippen molar-refractivity contribution in [3.05, 3.63) is 210 Å². The minimum atomic E-state index is 0.00237. The predicted molar refractivity (Wildman–Crippen MR) is 232 cm³/mol. The molecular formula is C53H37N3. The first kappa shape index (κ1) is 33.3. The van der Waals surface area contributed by atoms with Gasteiger partial charge in [-0.05, 0) is 68.4 Å². The van der Waals surface area contributed by atoms with Crippen molar-refractivity contribution in [2.75, 3.05) is 0 Å². The van der Waals surface area contributed by atoms with Crippen molar-refractivity contribution in [3.8, 4) is 67.2 Å². The number of rotatable bonds is 7. The van der Waals surface area contributed by atoms with Crippen LogP contribution in [0.4, 0.5) is 0 Å². The van der Waals surface area contributed by atoms with Crippen LogP contribution in [0.2, 0.25) is 0 Å². The standard InChI is InChI=1S/C53H37N3/c1-5-13-36(14-6-1)38-21-25-42(26-22-38)50-35-51(43-27-23-39(24-28-43)37-15-7-2-8-16-37)56-53(55-50)45-29-31-46-44(33-45)30-32-48-52(46)47(40-17-9-3-10-18-40)34-49(54-48)41-19-11-4-12-20-41/h1-28,30-35,45H,29H2. The van der Waals surface area contributed by atoms with Gasteiger partial charge in [0.05, 0.1) is 22.6 Å². The van der Waals surface area contributed by atoms with E-state index in [9.17, 15) is 0 Å². The minimum Gasteiger partial charge on any atom is -0.248 e. The third-order valence-corrected chi connectivity index (χ3v) is 10.8. The molecule has 0 bridgehead atoms. The van der Waals surface area contributed by atoms with Crippen LogP contribution >= 0.6 is 0 Å². The lowest BCUT2D eigenvalue weighted by molar-refractivity contribution is 0.824. The fraction of sp³-hybridized carbons (Fsp3) is 0.0377. The van der Waals surface area contributed by atoms with Crippen molar-refractivity contribution >= 4 is 23.1 Å².